The third-order valence-corrected chi connectivity index (χ3v) is 4.17. The molecule has 12 heteroatoms. The molecule has 0 aromatic heterocycles. The second kappa shape index (κ2) is 26.1. The van der Waals surface area contributed by atoms with Crippen LogP contribution in [0.1, 0.15) is 0 Å². The Hall–Kier alpha value is -0.480. The van der Waals surface area contributed by atoms with Crippen LogP contribution in [0.5, 0.6) is 0 Å². The SMILES string of the molecule is NCCOCCOCC(COCCOCCN)(COCCOCCN)COCCOCCN. The van der Waals surface area contributed by atoms with Gasteiger partial charge in [-0.05, 0) is 0 Å². The Bertz CT molecular complexity index is 317. The first-order valence-electron chi connectivity index (χ1n) is 11.7. The summed E-state index contributed by atoms with van der Waals surface area (Å²) in [5, 5.41) is 0. The van der Waals surface area contributed by atoms with Crippen LogP contribution in [-0.4, -0.2) is 132 Å². The number of hydrogen-bond acceptors (Lipinski definition) is 12. The van der Waals surface area contributed by atoms with Crippen molar-refractivity contribution in [3.63, 3.8) is 0 Å². The van der Waals surface area contributed by atoms with E-state index in [2.05, 4.69) is 0 Å². The van der Waals surface area contributed by atoms with E-state index < -0.39 is 5.41 Å². The Morgan fingerprint density at radius 2 is 0.515 bits per heavy atom. The van der Waals surface area contributed by atoms with E-state index in [0.717, 1.165) is 0 Å². The van der Waals surface area contributed by atoms with Crippen molar-refractivity contribution in [1.29, 1.82) is 0 Å². The molecule has 0 unspecified atom stereocenters. The van der Waals surface area contributed by atoms with E-state index in [0.29, 0.717) is 132 Å². The van der Waals surface area contributed by atoms with Gasteiger partial charge in [-0.1, -0.05) is 0 Å². The smallest absolute Gasteiger partial charge is 0.0701 e. The third-order valence-electron chi connectivity index (χ3n) is 4.17. The van der Waals surface area contributed by atoms with Crippen LogP contribution < -0.4 is 22.9 Å². The van der Waals surface area contributed by atoms with Gasteiger partial charge in [0.1, 0.15) is 0 Å². The van der Waals surface area contributed by atoms with Crippen molar-refractivity contribution in [2.24, 2.45) is 28.3 Å². The van der Waals surface area contributed by atoms with Crippen LogP contribution in [-0.2, 0) is 37.9 Å². The third kappa shape index (κ3) is 21.8. The molecule has 0 amide bonds. The minimum absolute atomic E-state index is 0.371. The van der Waals surface area contributed by atoms with E-state index in [9.17, 15) is 0 Å². The van der Waals surface area contributed by atoms with Crippen LogP contribution in [0.3, 0.4) is 0 Å². The Kier molecular flexibility index (Phi) is 25.8. The maximum Gasteiger partial charge on any atom is 0.0701 e. The molecule has 0 aliphatic heterocycles. The fraction of sp³-hybridized carbons (Fsp3) is 1.00. The van der Waals surface area contributed by atoms with E-state index in [4.69, 9.17) is 60.8 Å². The highest BCUT2D eigenvalue weighted by atomic mass is 16.6. The largest absolute Gasteiger partial charge is 0.378 e. The van der Waals surface area contributed by atoms with Crippen molar-refractivity contribution < 1.29 is 37.9 Å². The first-order chi connectivity index (χ1) is 16.2. The first kappa shape index (κ1) is 32.5. The molecule has 200 valence electrons. The zero-order chi connectivity index (χ0) is 24.3. The van der Waals surface area contributed by atoms with Crippen molar-refractivity contribution in [2.75, 3.05) is 132 Å². The molecule has 0 saturated heterocycles. The summed E-state index contributed by atoms with van der Waals surface area (Å²) >= 11 is 0. The Morgan fingerprint density at radius 3 is 0.727 bits per heavy atom. The zero-order valence-corrected chi connectivity index (χ0v) is 20.2. The molecule has 0 saturated carbocycles. The normalized spacial score (nSPS) is 12.0. The standard InChI is InChI=1S/C21H48N4O8/c22-1-5-26-9-13-30-17-21(18-31-14-10-27-6-2-23,19-32-15-11-28-7-3-24)20-33-16-12-29-8-4-25/h1-20,22-25H2. The van der Waals surface area contributed by atoms with Gasteiger partial charge in [-0.2, -0.15) is 0 Å². The summed E-state index contributed by atoms with van der Waals surface area (Å²) < 4.78 is 45.1. The first-order valence-corrected chi connectivity index (χ1v) is 11.7. The van der Waals surface area contributed by atoms with E-state index in [1.165, 1.54) is 0 Å². The highest BCUT2D eigenvalue weighted by Crippen LogP contribution is 2.21. The molecule has 0 radical (unpaired) electrons. The fourth-order valence-electron chi connectivity index (χ4n) is 2.62. The lowest BCUT2D eigenvalue weighted by Gasteiger charge is -2.33. The quantitative estimate of drug-likeness (QED) is 0.0894. The number of hydrogen-bond donors (Lipinski definition) is 4. The van der Waals surface area contributed by atoms with E-state index >= 15 is 0 Å². The van der Waals surface area contributed by atoms with Gasteiger partial charge in [0.15, 0.2) is 0 Å². The summed E-state index contributed by atoms with van der Waals surface area (Å²) in [5.41, 5.74) is 21.2. The van der Waals surface area contributed by atoms with Gasteiger partial charge >= 0.3 is 0 Å². The minimum Gasteiger partial charge on any atom is -0.378 e. The lowest BCUT2D eigenvalue weighted by atomic mass is 9.92. The van der Waals surface area contributed by atoms with Crippen LogP contribution in [0, 0.1) is 5.41 Å². The van der Waals surface area contributed by atoms with Crippen LogP contribution in [0.25, 0.3) is 0 Å². The highest BCUT2D eigenvalue weighted by Gasteiger charge is 2.32. The van der Waals surface area contributed by atoms with Crippen molar-refractivity contribution in [3.8, 4) is 0 Å². The molecule has 0 aromatic rings. The topological polar surface area (TPSA) is 178 Å². The van der Waals surface area contributed by atoms with Gasteiger partial charge in [-0.15, -0.1) is 0 Å². The monoisotopic (exact) mass is 484 g/mol. The Labute approximate surface area is 198 Å². The molecule has 0 aliphatic carbocycles. The van der Waals surface area contributed by atoms with Crippen molar-refractivity contribution in [1.82, 2.24) is 0 Å². The van der Waals surface area contributed by atoms with Crippen LogP contribution in [0.15, 0.2) is 0 Å². The fourth-order valence-corrected chi connectivity index (χ4v) is 2.62. The maximum absolute atomic E-state index is 5.88. The summed E-state index contributed by atoms with van der Waals surface area (Å²) in [4.78, 5) is 0. The summed E-state index contributed by atoms with van der Waals surface area (Å²) in [7, 11) is 0. The van der Waals surface area contributed by atoms with Crippen LogP contribution >= 0.6 is 0 Å². The van der Waals surface area contributed by atoms with Gasteiger partial charge in [0, 0.05) is 26.2 Å². The van der Waals surface area contributed by atoms with Crippen molar-refractivity contribution >= 4 is 0 Å². The molecule has 0 aromatic carbocycles. The van der Waals surface area contributed by atoms with Gasteiger partial charge in [0.05, 0.1) is 111 Å². The summed E-state index contributed by atoms with van der Waals surface area (Å²) in [6, 6.07) is 0. The van der Waals surface area contributed by atoms with Crippen molar-refractivity contribution in [2.45, 2.75) is 0 Å². The molecular formula is C21H48N4O8. The molecule has 0 aliphatic rings. The molecule has 0 atom stereocenters. The molecule has 33 heavy (non-hydrogen) atoms. The van der Waals surface area contributed by atoms with Gasteiger partial charge < -0.3 is 60.8 Å². The molecule has 0 heterocycles. The lowest BCUT2D eigenvalue weighted by molar-refractivity contribution is -0.121. The number of nitrogens with two attached hydrogens (primary N) is 4. The maximum atomic E-state index is 5.88. The zero-order valence-electron chi connectivity index (χ0n) is 20.2. The minimum atomic E-state index is -0.524. The number of ether oxygens (including phenoxy) is 8. The molecular weight excluding hydrogens is 436 g/mol. The second-order valence-corrected chi connectivity index (χ2v) is 7.31. The predicted octanol–water partition coefficient (Wildman–Crippen LogP) is -2.06. The predicted molar refractivity (Wildman–Crippen MR) is 125 cm³/mol. The molecule has 0 bridgehead atoms. The molecule has 0 spiro atoms. The highest BCUT2D eigenvalue weighted by molar-refractivity contribution is 4.79. The average molecular weight is 485 g/mol. The Morgan fingerprint density at radius 1 is 0.303 bits per heavy atom. The van der Waals surface area contributed by atoms with Gasteiger partial charge in [0.2, 0.25) is 0 Å². The second-order valence-electron chi connectivity index (χ2n) is 7.31. The molecule has 0 fully saturated rings. The Balaban J connectivity index is 4.74. The average Bonchev–Trinajstić information content (AvgIpc) is 2.83. The van der Waals surface area contributed by atoms with E-state index in [-0.39, 0.29) is 0 Å². The molecule has 0 rings (SSSR count). The van der Waals surface area contributed by atoms with Crippen molar-refractivity contribution in [3.05, 3.63) is 0 Å². The summed E-state index contributed by atoms with van der Waals surface area (Å²) in [6.07, 6.45) is 0. The summed E-state index contributed by atoms with van der Waals surface area (Å²) in [5.74, 6) is 0. The summed E-state index contributed by atoms with van der Waals surface area (Å²) in [6.45, 7) is 8.95. The molecule has 12 nitrogen and oxygen atoms in total. The number of rotatable bonds is 28. The van der Waals surface area contributed by atoms with Crippen LogP contribution in [0.2, 0.25) is 0 Å². The van der Waals surface area contributed by atoms with Gasteiger partial charge in [-0.25, -0.2) is 0 Å². The van der Waals surface area contributed by atoms with Gasteiger partial charge in [-0.3, -0.25) is 0 Å². The van der Waals surface area contributed by atoms with E-state index in [1.54, 1.807) is 0 Å². The van der Waals surface area contributed by atoms with Gasteiger partial charge in [0.25, 0.3) is 0 Å². The lowest BCUT2D eigenvalue weighted by Crippen LogP contribution is -2.43. The van der Waals surface area contributed by atoms with E-state index in [1.807, 2.05) is 0 Å². The molecule has 8 N–H and O–H groups in total. The van der Waals surface area contributed by atoms with Crippen LogP contribution in [0.4, 0.5) is 0 Å².